The van der Waals surface area contributed by atoms with Crippen molar-refractivity contribution in [1.29, 1.82) is 0 Å². The molecule has 2 amide bonds. The fourth-order valence-electron chi connectivity index (χ4n) is 1.39. The van der Waals surface area contributed by atoms with Crippen LogP contribution in [-0.2, 0) is 4.79 Å². The number of amides is 2. The number of nitro benzene ring substituents is 1. The largest absolute Gasteiger partial charge is 0.290 e. The smallest absolute Gasteiger partial charge is 0.282 e. The summed E-state index contributed by atoms with van der Waals surface area (Å²) in [6, 6.07) is 5.99. The highest BCUT2D eigenvalue weighted by Crippen LogP contribution is 2.23. The number of allylic oxidation sites excluding steroid dienone is 2. The normalized spacial score (nSPS) is 17.2. The summed E-state index contributed by atoms with van der Waals surface area (Å²) >= 11 is 0.836. The van der Waals surface area contributed by atoms with E-state index in [1.807, 2.05) is 0 Å². The fraction of sp³-hybridized carbons (Fsp3) is 0. The quantitative estimate of drug-likeness (QED) is 0.520. The van der Waals surface area contributed by atoms with Gasteiger partial charge in [0.25, 0.3) is 16.8 Å². The Morgan fingerprint density at radius 3 is 2.42 bits per heavy atom. The van der Waals surface area contributed by atoms with Crippen LogP contribution < -0.4 is 5.32 Å². The number of hydrogen-bond donors (Lipinski definition) is 1. The molecule has 0 spiro atoms. The molecule has 0 radical (unpaired) electrons. The van der Waals surface area contributed by atoms with Gasteiger partial charge in [-0.15, -0.1) is 0 Å². The number of benzene rings is 1. The third kappa shape index (κ3) is 3.29. The van der Waals surface area contributed by atoms with Crippen LogP contribution in [0.5, 0.6) is 0 Å². The molecule has 1 aliphatic heterocycles. The van der Waals surface area contributed by atoms with Crippen LogP contribution in [0.1, 0.15) is 5.56 Å². The van der Waals surface area contributed by atoms with E-state index >= 15 is 0 Å². The summed E-state index contributed by atoms with van der Waals surface area (Å²) in [4.78, 5) is 32.4. The van der Waals surface area contributed by atoms with E-state index in [1.165, 1.54) is 18.2 Å². The van der Waals surface area contributed by atoms with Crippen molar-refractivity contribution in [1.82, 2.24) is 5.32 Å². The van der Waals surface area contributed by atoms with E-state index in [-0.39, 0.29) is 10.9 Å². The first-order chi connectivity index (χ1) is 9.06. The topological polar surface area (TPSA) is 89.3 Å². The molecule has 1 aromatic carbocycles. The maximum absolute atomic E-state index is 11.2. The highest BCUT2D eigenvalue weighted by molar-refractivity contribution is 8.18. The number of hydrogen-bond acceptors (Lipinski definition) is 5. The Morgan fingerprint density at radius 1 is 1.21 bits per heavy atom. The number of nitrogens with zero attached hydrogens (tertiary/aromatic N) is 1. The third-order valence-corrected chi connectivity index (χ3v) is 3.11. The first-order valence-electron chi connectivity index (χ1n) is 5.22. The zero-order valence-electron chi connectivity index (χ0n) is 9.53. The molecule has 0 atom stereocenters. The van der Waals surface area contributed by atoms with Crippen LogP contribution in [0.4, 0.5) is 10.5 Å². The van der Waals surface area contributed by atoms with E-state index in [4.69, 9.17) is 0 Å². The summed E-state index contributed by atoms with van der Waals surface area (Å²) in [5.41, 5.74) is 0.781. The molecule has 1 heterocycles. The van der Waals surface area contributed by atoms with Crippen molar-refractivity contribution in [3.05, 3.63) is 57.0 Å². The Labute approximate surface area is 112 Å². The molecule has 6 nitrogen and oxygen atoms in total. The fourth-order valence-corrected chi connectivity index (χ4v) is 2.02. The molecule has 96 valence electrons. The molecule has 1 N–H and O–H groups in total. The van der Waals surface area contributed by atoms with Crippen molar-refractivity contribution in [2.75, 3.05) is 0 Å². The van der Waals surface area contributed by atoms with Crippen molar-refractivity contribution in [2.45, 2.75) is 0 Å². The molecule has 1 aliphatic rings. The average Bonchev–Trinajstić information content (AvgIpc) is 2.68. The Bertz CT molecular complexity index is 605. The number of carbonyl (C=O) groups excluding carboxylic acids is 2. The van der Waals surface area contributed by atoms with Gasteiger partial charge in [0, 0.05) is 12.1 Å². The van der Waals surface area contributed by atoms with E-state index in [9.17, 15) is 19.7 Å². The van der Waals surface area contributed by atoms with Crippen LogP contribution in [-0.4, -0.2) is 16.1 Å². The number of thioether (sulfide) groups is 1. The van der Waals surface area contributed by atoms with Gasteiger partial charge < -0.3 is 0 Å². The number of imide groups is 1. The lowest BCUT2D eigenvalue weighted by Crippen LogP contribution is -2.17. The van der Waals surface area contributed by atoms with E-state index in [1.54, 1.807) is 24.3 Å². The minimum Gasteiger partial charge on any atom is -0.282 e. The maximum atomic E-state index is 11.2. The van der Waals surface area contributed by atoms with Gasteiger partial charge in [0.15, 0.2) is 0 Å². The number of rotatable bonds is 3. The van der Waals surface area contributed by atoms with Gasteiger partial charge in [-0.1, -0.05) is 12.2 Å². The molecule has 19 heavy (non-hydrogen) atoms. The van der Waals surface area contributed by atoms with Crippen molar-refractivity contribution in [2.24, 2.45) is 0 Å². The van der Waals surface area contributed by atoms with Crippen LogP contribution >= 0.6 is 11.8 Å². The third-order valence-electron chi connectivity index (χ3n) is 2.28. The second-order valence-electron chi connectivity index (χ2n) is 3.58. The van der Waals surface area contributed by atoms with Crippen molar-refractivity contribution in [3.8, 4) is 0 Å². The number of carbonyl (C=O) groups is 2. The minimum absolute atomic E-state index is 0.0202. The predicted octanol–water partition coefficient (Wildman–Crippen LogP) is 2.47. The number of nitro groups is 1. The van der Waals surface area contributed by atoms with E-state index < -0.39 is 10.8 Å². The zero-order valence-corrected chi connectivity index (χ0v) is 10.3. The lowest BCUT2D eigenvalue weighted by molar-refractivity contribution is -0.384. The summed E-state index contributed by atoms with van der Waals surface area (Å²) < 4.78 is 0. The van der Waals surface area contributed by atoms with Gasteiger partial charge in [-0.2, -0.15) is 0 Å². The van der Waals surface area contributed by atoms with Crippen LogP contribution in [0, 0.1) is 10.1 Å². The molecule has 0 aromatic heterocycles. The van der Waals surface area contributed by atoms with Crippen LogP contribution in [0.2, 0.25) is 0 Å². The standard InChI is InChI=1S/C12H8N2O4S/c15-11-10(19-12(16)13-11)3-1-2-8-4-6-9(7-5-8)14(17)18/h1-7H,(H,13,15,16). The summed E-state index contributed by atoms with van der Waals surface area (Å²) in [6.45, 7) is 0. The Hall–Kier alpha value is -2.41. The van der Waals surface area contributed by atoms with Gasteiger partial charge in [-0.05, 0) is 35.5 Å². The first-order valence-corrected chi connectivity index (χ1v) is 6.04. The van der Waals surface area contributed by atoms with E-state index in [0.717, 1.165) is 17.3 Å². The van der Waals surface area contributed by atoms with Gasteiger partial charge in [-0.3, -0.25) is 25.0 Å². The van der Waals surface area contributed by atoms with Gasteiger partial charge in [0.2, 0.25) is 0 Å². The molecule has 0 unspecified atom stereocenters. The molecule has 0 saturated carbocycles. The van der Waals surface area contributed by atoms with Gasteiger partial charge in [0.1, 0.15) is 0 Å². The van der Waals surface area contributed by atoms with Crippen LogP contribution in [0.15, 0.2) is 41.3 Å². The van der Waals surface area contributed by atoms with Gasteiger partial charge in [0.05, 0.1) is 9.83 Å². The second kappa shape index (κ2) is 5.49. The lowest BCUT2D eigenvalue weighted by Gasteiger charge is -1.92. The highest BCUT2D eigenvalue weighted by Gasteiger charge is 2.24. The van der Waals surface area contributed by atoms with Crippen LogP contribution in [0.3, 0.4) is 0 Å². The van der Waals surface area contributed by atoms with Crippen LogP contribution in [0.25, 0.3) is 6.08 Å². The Balaban J connectivity index is 2.07. The van der Waals surface area contributed by atoms with Gasteiger partial charge >= 0.3 is 0 Å². The molecule has 7 heteroatoms. The summed E-state index contributed by atoms with van der Waals surface area (Å²) in [7, 11) is 0. The van der Waals surface area contributed by atoms with Crippen molar-refractivity contribution < 1.29 is 14.5 Å². The molecular formula is C12H8N2O4S. The Morgan fingerprint density at radius 2 is 1.89 bits per heavy atom. The molecule has 0 bridgehead atoms. The van der Waals surface area contributed by atoms with E-state index in [2.05, 4.69) is 5.32 Å². The molecular weight excluding hydrogens is 268 g/mol. The monoisotopic (exact) mass is 276 g/mol. The lowest BCUT2D eigenvalue weighted by atomic mass is 10.2. The zero-order chi connectivity index (χ0) is 13.8. The van der Waals surface area contributed by atoms with E-state index in [0.29, 0.717) is 4.91 Å². The number of non-ortho nitro benzene ring substituents is 1. The van der Waals surface area contributed by atoms with Crippen molar-refractivity contribution >= 4 is 34.7 Å². The molecule has 2 rings (SSSR count). The summed E-state index contributed by atoms with van der Waals surface area (Å²) in [5, 5.41) is 12.2. The number of nitrogens with one attached hydrogen (secondary N) is 1. The van der Waals surface area contributed by atoms with Gasteiger partial charge in [-0.25, -0.2) is 0 Å². The molecule has 1 fully saturated rings. The average molecular weight is 276 g/mol. The molecule has 0 aliphatic carbocycles. The van der Waals surface area contributed by atoms with Crippen molar-refractivity contribution in [3.63, 3.8) is 0 Å². The molecule has 1 saturated heterocycles. The summed E-state index contributed by atoms with van der Waals surface area (Å²) in [6.07, 6.45) is 4.82. The minimum atomic E-state index is -0.472. The maximum Gasteiger partial charge on any atom is 0.290 e. The molecule has 1 aromatic rings. The summed E-state index contributed by atoms with van der Waals surface area (Å²) in [5.74, 6) is -0.414. The second-order valence-corrected chi connectivity index (χ2v) is 4.60. The SMILES string of the molecule is O=C1NC(=O)C(=CC=Cc2ccc([N+](=O)[O-])cc2)S1. The first kappa shape index (κ1) is 13.0. The Kier molecular flexibility index (Phi) is 3.76. The predicted molar refractivity (Wildman–Crippen MR) is 71.3 cm³/mol. The highest BCUT2D eigenvalue weighted by atomic mass is 32.2.